The molecule has 5 heterocycles. The van der Waals surface area contributed by atoms with Crippen LogP contribution in [0.3, 0.4) is 0 Å². The minimum atomic E-state index is -0.170. The van der Waals surface area contributed by atoms with Crippen molar-refractivity contribution in [2.75, 3.05) is 34.9 Å². The van der Waals surface area contributed by atoms with Crippen molar-refractivity contribution >= 4 is 35.3 Å². The van der Waals surface area contributed by atoms with Gasteiger partial charge >= 0.3 is 0 Å². The van der Waals surface area contributed by atoms with Gasteiger partial charge in [-0.15, -0.1) is 0 Å². The average molecular weight is 574 g/mol. The second-order valence-corrected chi connectivity index (χ2v) is 14.3. The molecule has 1 saturated heterocycles. The van der Waals surface area contributed by atoms with E-state index in [1.807, 2.05) is 41.5 Å². The molecule has 41 heavy (non-hydrogen) atoms. The maximum atomic E-state index is 13.6. The standard InChI is InChI=1S/C31H39N7O2S/c1-29(2)17-20-5-4-15-32-23-6-3-7-26(33-23)41-36-28(39)21-8-9-24(34-27(21)37(29)18-20)38-16-10-25(35-38)40-19-22-30(11-12-30)31(22)13-14-31/h3,6-10,16,20,22,25,35H,4-5,11-15,17-19H2,1-2H3,(H,32,33)(H,36,39). The number of hydrogen-bond donors (Lipinski definition) is 3. The molecule has 6 aliphatic rings. The van der Waals surface area contributed by atoms with Crippen molar-refractivity contribution < 1.29 is 9.53 Å². The third-order valence-electron chi connectivity index (χ3n) is 10.6. The van der Waals surface area contributed by atoms with E-state index < -0.39 is 0 Å². The summed E-state index contributed by atoms with van der Waals surface area (Å²) in [5.74, 6) is 3.43. The summed E-state index contributed by atoms with van der Waals surface area (Å²) in [5, 5.41) is 6.12. The summed E-state index contributed by atoms with van der Waals surface area (Å²) >= 11 is 1.24. The second kappa shape index (κ2) is 9.34. The number of pyridine rings is 2. The van der Waals surface area contributed by atoms with Crippen molar-refractivity contribution in [3.63, 3.8) is 0 Å². The molecule has 216 valence electrons. The third kappa shape index (κ3) is 4.41. The van der Waals surface area contributed by atoms with E-state index in [1.54, 1.807) is 0 Å². The van der Waals surface area contributed by atoms with Gasteiger partial charge in [-0.1, -0.05) is 6.07 Å². The minimum Gasteiger partial charge on any atom is -0.370 e. The molecule has 4 bridgehead atoms. The molecule has 3 N–H and O–H groups in total. The third-order valence-corrected chi connectivity index (χ3v) is 11.3. The highest BCUT2D eigenvalue weighted by Crippen LogP contribution is 2.92. The quantitative estimate of drug-likeness (QED) is 0.432. The van der Waals surface area contributed by atoms with Crippen LogP contribution in [0.15, 0.2) is 47.6 Å². The van der Waals surface area contributed by atoms with E-state index in [2.05, 4.69) is 45.3 Å². The summed E-state index contributed by atoms with van der Waals surface area (Å²) in [7, 11) is 0. The molecule has 3 aliphatic carbocycles. The summed E-state index contributed by atoms with van der Waals surface area (Å²) in [6.45, 7) is 7.12. The van der Waals surface area contributed by atoms with Gasteiger partial charge in [-0.25, -0.2) is 9.97 Å². The highest BCUT2D eigenvalue weighted by atomic mass is 32.2. The lowest BCUT2D eigenvalue weighted by Crippen LogP contribution is -2.41. The van der Waals surface area contributed by atoms with Crippen LogP contribution in [0.1, 0.15) is 69.2 Å². The monoisotopic (exact) mass is 573 g/mol. The van der Waals surface area contributed by atoms with Gasteiger partial charge in [0.2, 0.25) is 0 Å². The molecule has 0 aromatic carbocycles. The summed E-state index contributed by atoms with van der Waals surface area (Å²) in [4.78, 5) is 25.7. The van der Waals surface area contributed by atoms with Gasteiger partial charge in [0.15, 0.2) is 0 Å². The molecule has 3 aliphatic heterocycles. The molecule has 2 spiro atoms. The molecule has 8 rings (SSSR count). The van der Waals surface area contributed by atoms with E-state index in [-0.39, 0.29) is 17.7 Å². The molecule has 9 nitrogen and oxygen atoms in total. The molecule has 2 aromatic heterocycles. The summed E-state index contributed by atoms with van der Waals surface area (Å²) in [6.07, 6.45) is 12.7. The lowest BCUT2D eigenvalue weighted by molar-refractivity contribution is 0.0550. The number of carbonyl (C=O) groups is 1. The van der Waals surface area contributed by atoms with E-state index in [0.717, 1.165) is 67.4 Å². The SMILES string of the molecule is CC1(C)CC2CCCNc3cccc(n3)SNC(=O)c3ccc(N4C=CC(OCC5C6(CC6)C56CC6)N4)nc3N1C2. The van der Waals surface area contributed by atoms with Gasteiger partial charge in [0.1, 0.15) is 28.7 Å². The van der Waals surface area contributed by atoms with Crippen LogP contribution in [0.25, 0.3) is 0 Å². The number of nitrogens with one attached hydrogen (secondary N) is 3. The first-order chi connectivity index (χ1) is 19.9. The van der Waals surface area contributed by atoms with Gasteiger partial charge in [-0.3, -0.25) is 14.5 Å². The number of nitrogens with zero attached hydrogens (tertiary/aromatic N) is 4. The molecular formula is C31H39N7O2S. The first-order valence-electron chi connectivity index (χ1n) is 15.2. The first kappa shape index (κ1) is 25.9. The summed E-state index contributed by atoms with van der Waals surface area (Å²) < 4.78 is 9.34. The van der Waals surface area contributed by atoms with Crippen molar-refractivity contribution in [1.29, 1.82) is 0 Å². The molecule has 1 amide bonds. The predicted molar refractivity (Wildman–Crippen MR) is 160 cm³/mol. The van der Waals surface area contributed by atoms with Gasteiger partial charge in [-0.2, -0.15) is 5.43 Å². The Labute approximate surface area is 246 Å². The van der Waals surface area contributed by atoms with Gasteiger partial charge in [0.25, 0.3) is 5.91 Å². The van der Waals surface area contributed by atoms with Crippen LogP contribution in [0.5, 0.6) is 0 Å². The second-order valence-electron chi connectivity index (χ2n) is 13.5. The van der Waals surface area contributed by atoms with E-state index in [4.69, 9.17) is 9.72 Å². The van der Waals surface area contributed by atoms with Crippen LogP contribution >= 0.6 is 11.9 Å². The number of fused-ring (bicyclic) bond motifs is 7. The number of anilines is 3. The highest BCUT2D eigenvalue weighted by molar-refractivity contribution is 7.97. The zero-order chi connectivity index (χ0) is 27.8. The van der Waals surface area contributed by atoms with Gasteiger partial charge in [-0.05, 0) is 112 Å². The van der Waals surface area contributed by atoms with Crippen LogP contribution < -0.4 is 25.4 Å². The molecular weight excluding hydrogens is 534 g/mol. The number of amides is 1. The van der Waals surface area contributed by atoms with Crippen LogP contribution in [0.4, 0.5) is 17.5 Å². The van der Waals surface area contributed by atoms with Crippen LogP contribution in [-0.4, -0.2) is 47.3 Å². The normalized spacial score (nSPS) is 28.6. The van der Waals surface area contributed by atoms with Gasteiger partial charge in [0.05, 0.1) is 12.2 Å². The fraction of sp³-hybridized carbons (Fsp3) is 0.581. The number of aromatic nitrogens is 2. The largest absolute Gasteiger partial charge is 0.370 e. The van der Waals surface area contributed by atoms with Crippen LogP contribution in [0.2, 0.25) is 0 Å². The smallest absolute Gasteiger partial charge is 0.265 e. The fourth-order valence-corrected chi connectivity index (χ4v) is 8.78. The maximum Gasteiger partial charge on any atom is 0.265 e. The topological polar surface area (TPSA) is 94.7 Å². The fourth-order valence-electron chi connectivity index (χ4n) is 8.18. The molecule has 10 heteroatoms. The van der Waals surface area contributed by atoms with Crippen molar-refractivity contribution in [3.05, 3.63) is 48.2 Å². The highest BCUT2D eigenvalue weighted by Gasteiger charge is 2.86. The Morgan fingerprint density at radius 3 is 2.73 bits per heavy atom. The maximum absolute atomic E-state index is 13.6. The lowest BCUT2D eigenvalue weighted by Gasteiger charge is -2.34. The average Bonchev–Trinajstić information content (AvgIpc) is 3.92. The summed E-state index contributed by atoms with van der Waals surface area (Å²) in [6, 6.07) is 9.67. The van der Waals surface area contributed by atoms with Crippen molar-refractivity contribution in [2.24, 2.45) is 22.7 Å². The van der Waals surface area contributed by atoms with Gasteiger partial charge in [0, 0.05) is 36.8 Å². The Morgan fingerprint density at radius 1 is 1.10 bits per heavy atom. The van der Waals surface area contributed by atoms with Crippen LogP contribution in [0, 0.1) is 22.7 Å². The van der Waals surface area contributed by atoms with E-state index in [9.17, 15) is 4.79 Å². The lowest BCUT2D eigenvalue weighted by atomic mass is 9.93. The molecule has 2 aromatic rings. The Bertz CT molecular complexity index is 1390. The zero-order valence-electron chi connectivity index (χ0n) is 23.9. The molecule has 0 radical (unpaired) electrons. The Balaban J connectivity index is 1.03. The van der Waals surface area contributed by atoms with Crippen LogP contribution in [-0.2, 0) is 4.74 Å². The van der Waals surface area contributed by atoms with E-state index >= 15 is 0 Å². The minimum absolute atomic E-state index is 0.115. The van der Waals surface area contributed by atoms with E-state index in [1.165, 1.54) is 37.6 Å². The summed E-state index contributed by atoms with van der Waals surface area (Å²) in [5.41, 5.74) is 5.22. The Hall–Kier alpha value is -2.82. The number of hydrogen-bond acceptors (Lipinski definition) is 9. The molecule has 2 unspecified atom stereocenters. The number of hydrazine groups is 1. The molecule has 3 saturated carbocycles. The van der Waals surface area contributed by atoms with E-state index in [0.29, 0.717) is 22.3 Å². The molecule has 4 fully saturated rings. The van der Waals surface area contributed by atoms with Crippen molar-refractivity contribution in [3.8, 4) is 0 Å². The Morgan fingerprint density at radius 2 is 1.93 bits per heavy atom. The number of rotatable bonds is 4. The Kier molecular flexibility index (Phi) is 5.89. The number of carbonyl (C=O) groups excluding carboxylic acids is 1. The van der Waals surface area contributed by atoms with Crippen molar-refractivity contribution in [2.45, 2.75) is 75.6 Å². The van der Waals surface area contributed by atoms with Crippen molar-refractivity contribution in [1.82, 2.24) is 20.1 Å². The number of ether oxygens (including phenoxy) is 1. The predicted octanol–water partition coefficient (Wildman–Crippen LogP) is 5.10. The zero-order valence-corrected chi connectivity index (χ0v) is 24.7. The van der Waals surface area contributed by atoms with Gasteiger partial charge < -0.3 is 15.0 Å². The molecule has 2 atom stereocenters. The first-order valence-corrected chi connectivity index (χ1v) is 16.0.